The number of nitrogens with zero attached hydrogens (tertiary/aromatic N) is 2. The Hall–Kier alpha value is -2.05. The molecule has 0 atom stereocenters. The molecule has 0 saturated heterocycles. The van der Waals surface area contributed by atoms with Crippen LogP contribution in [0.15, 0.2) is 28.8 Å². The zero-order chi connectivity index (χ0) is 15.5. The highest BCUT2D eigenvalue weighted by atomic mass is 19.4. The molecule has 2 aromatic rings. The summed E-state index contributed by atoms with van der Waals surface area (Å²) >= 11 is 0. The lowest BCUT2D eigenvalue weighted by Crippen LogP contribution is -2.06. The second kappa shape index (κ2) is 6.15. The Balaban J connectivity index is 1.98. The molecule has 0 bridgehead atoms. The van der Waals surface area contributed by atoms with Crippen LogP contribution in [0.2, 0.25) is 0 Å². The van der Waals surface area contributed by atoms with E-state index in [1.165, 1.54) is 6.07 Å². The minimum atomic E-state index is -4.35. The van der Waals surface area contributed by atoms with Gasteiger partial charge in [-0.25, -0.2) is 0 Å². The first-order chi connectivity index (χ1) is 9.84. The third-order valence-corrected chi connectivity index (χ3v) is 2.73. The molecule has 0 fully saturated rings. The summed E-state index contributed by atoms with van der Waals surface area (Å²) in [5.74, 6) is 1.36. The quantitative estimate of drug-likeness (QED) is 0.909. The summed E-state index contributed by atoms with van der Waals surface area (Å²) in [5.41, 5.74) is -0.341. The zero-order valence-corrected chi connectivity index (χ0v) is 11.7. The van der Waals surface area contributed by atoms with Crippen molar-refractivity contribution in [2.24, 2.45) is 5.92 Å². The summed E-state index contributed by atoms with van der Waals surface area (Å²) in [4.78, 5) is 4.17. The van der Waals surface area contributed by atoms with Crippen LogP contribution in [-0.2, 0) is 19.1 Å². The van der Waals surface area contributed by atoms with E-state index in [9.17, 15) is 13.2 Å². The fraction of sp³-hybridized carbons (Fsp3) is 0.429. The van der Waals surface area contributed by atoms with Crippen LogP contribution >= 0.6 is 0 Å². The number of aromatic nitrogens is 2. The van der Waals surface area contributed by atoms with Gasteiger partial charge in [0, 0.05) is 12.1 Å². The van der Waals surface area contributed by atoms with Gasteiger partial charge in [0.15, 0.2) is 5.82 Å². The summed E-state index contributed by atoms with van der Waals surface area (Å²) in [6, 6.07) is 4.98. The van der Waals surface area contributed by atoms with Gasteiger partial charge in [-0.05, 0) is 24.1 Å². The first-order valence-corrected chi connectivity index (χ1v) is 6.57. The highest BCUT2D eigenvalue weighted by Crippen LogP contribution is 2.30. The molecule has 1 aromatic carbocycles. The monoisotopic (exact) mass is 299 g/mol. The molecule has 114 valence electrons. The molecule has 0 aliphatic heterocycles. The summed E-state index contributed by atoms with van der Waals surface area (Å²) < 4.78 is 42.8. The Labute approximate surface area is 120 Å². The summed E-state index contributed by atoms with van der Waals surface area (Å²) in [7, 11) is 0. The summed E-state index contributed by atoms with van der Waals surface area (Å²) in [5, 5.41) is 6.66. The SMILES string of the molecule is CC(C)Cc1noc(CNc2cccc(C(F)(F)F)c2)n1. The van der Waals surface area contributed by atoms with Crippen molar-refractivity contribution in [3.05, 3.63) is 41.5 Å². The predicted octanol–water partition coefficient (Wildman–Crippen LogP) is 3.90. The molecule has 1 N–H and O–H groups in total. The maximum Gasteiger partial charge on any atom is 0.416 e. The van der Waals surface area contributed by atoms with Gasteiger partial charge >= 0.3 is 6.18 Å². The largest absolute Gasteiger partial charge is 0.416 e. The minimum absolute atomic E-state index is 0.187. The highest BCUT2D eigenvalue weighted by Gasteiger charge is 2.30. The fourth-order valence-electron chi connectivity index (χ4n) is 1.79. The molecule has 7 heteroatoms. The lowest BCUT2D eigenvalue weighted by atomic mass is 10.1. The molecular formula is C14H16F3N3O. The van der Waals surface area contributed by atoms with Crippen LogP contribution in [0.1, 0.15) is 31.1 Å². The highest BCUT2D eigenvalue weighted by molar-refractivity contribution is 5.46. The van der Waals surface area contributed by atoms with Crippen molar-refractivity contribution < 1.29 is 17.7 Å². The molecule has 0 spiro atoms. The first-order valence-electron chi connectivity index (χ1n) is 6.57. The number of hydrogen-bond donors (Lipinski definition) is 1. The van der Waals surface area contributed by atoms with E-state index in [4.69, 9.17) is 4.52 Å². The van der Waals surface area contributed by atoms with Gasteiger partial charge in [-0.3, -0.25) is 0 Å². The van der Waals surface area contributed by atoms with Gasteiger partial charge in [-0.15, -0.1) is 0 Å². The number of hydrogen-bond acceptors (Lipinski definition) is 4. The number of rotatable bonds is 5. The minimum Gasteiger partial charge on any atom is -0.376 e. The predicted molar refractivity (Wildman–Crippen MR) is 71.6 cm³/mol. The molecule has 0 aliphatic carbocycles. The van der Waals surface area contributed by atoms with Gasteiger partial charge < -0.3 is 9.84 Å². The van der Waals surface area contributed by atoms with Crippen molar-refractivity contribution in [2.45, 2.75) is 33.0 Å². The Morgan fingerprint density at radius 2 is 2.05 bits per heavy atom. The number of halogens is 3. The Morgan fingerprint density at radius 3 is 2.71 bits per heavy atom. The van der Waals surface area contributed by atoms with E-state index in [0.717, 1.165) is 12.1 Å². The third kappa shape index (κ3) is 4.47. The van der Waals surface area contributed by atoms with Gasteiger partial charge in [0.2, 0.25) is 5.89 Å². The topological polar surface area (TPSA) is 51.0 Å². The number of benzene rings is 1. The number of anilines is 1. The van der Waals surface area contributed by atoms with E-state index in [0.29, 0.717) is 29.7 Å². The second-order valence-electron chi connectivity index (χ2n) is 5.13. The Kier molecular flexibility index (Phi) is 4.50. The van der Waals surface area contributed by atoms with Crippen LogP contribution < -0.4 is 5.32 Å². The lowest BCUT2D eigenvalue weighted by molar-refractivity contribution is -0.137. The number of alkyl halides is 3. The molecule has 0 amide bonds. The van der Waals surface area contributed by atoms with E-state index in [1.807, 2.05) is 13.8 Å². The van der Waals surface area contributed by atoms with Crippen molar-refractivity contribution >= 4 is 5.69 Å². The number of nitrogens with one attached hydrogen (secondary N) is 1. The van der Waals surface area contributed by atoms with Gasteiger partial charge in [0.25, 0.3) is 0 Å². The Morgan fingerprint density at radius 1 is 1.29 bits per heavy atom. The molecule has 1 aromatic heterocycles. The molecule has 0 unspecified atom stereocenters. The van der Waals surface area contributed by atoms with E-state index >= 15 is 0 Å². The van der Waals surface area contributed by atoms with E-state index in [2.05, 4.69) is 15.5 Å². The Bertz CT molecular complexity index is 593. The lowest BCUT2D eigenvalue weighted by Gasteiger charge is -2.09. The fourth-order valence-corrected chi connectivity index (χ4v) is 1.79. The van der Waals surface area contributed by atoms with Crippen LogP contribution in [0.25, 0.3) is 0 Å². The molecule has 2 rings (SSSR count). The second-order valence-corrected chi connectivity index (χ2v) is 5.13. The average Bonchev–Trinajstić information content (AvgIpc) is 2.82. The van der Waals surface area contributed by atoms with E-state index in [-0.39, 0.29) is 6.54 Å². The third-order valence-electron chi connectivity index (χ3n) is 2.73. The standard InChI is InChI=1S/C14H16F3N3O/c1-9(2)6-12-19-13(21-20-12)8-18-11-5-3-4-10(7-11)14(15,16)17/h3-5,7,9,18H,6,8H2,1-2H3. The normalized spacial score (nSPS) is 11.9. The smallest absolute Gasteiger partial charge is 0.376 e. The van der Waals surface area contributed by atoms with Crippen molar-refractivity contribution in [1.82, 2.24) is 10.1 Å². The van der Waals surface area contributed by atoms with Gasteiger partial charge in [0.1, 0.15) is 0 Å². The maximum atomic E-state index is 12.6. The van der Waals surface area contributed by atoms with Crippen LogP contribution in [-0.4, -0.2) is 10.1 Å². The molecular weight excluding hydrogens is 283 g/mol. The maximum absolute atomic E-state index is 12.6. The van der Waals surface area contributed by atoms with Crippen LogP contribution in [0.3, 0.4) is 0 Å². The van der Waals surface area contributed by atoms with E-state index < -0.39 is 11.7 Å². The molecule has 0 aliphatic rings. The summed E-state index contributed by atoms with van der Waals surface area (Å²) in [6.07, 6.45) is -3.65. The van der Waals surface area contributed by atoms with Crippen LogP contribution in [0.5, 0.6) is 0 Å². The molecule has 0 radical (unpaired) electrons. The van der Waals surface area contributed by atoms with Gasteiger partial charge in [0.05, 0.1) is 12.1 Å². The van der Waals surface area contributed by atoms with Crippen LogP contribution in [0.4, 0.5) is 18.9 Å². The van der Waals surface area contributed by atoms with Gasteiger partial charge in [-0.1, -0.05) is 25.1 Å². The summed E-state index contributed by atoms with van der Waals surface area (Å²) in [6.45, 7) is 4.26. The van der Waals surface area contributed by atoms with Gasteiger partial charge in [-0.2, -0.15) is 18.2 Å². The van der Waals surface area contributed by atoms with Crippen molar-refractivity contribution in [2.75, 3.05) is 5.32 Å². The van der Waals surface area contributed by atoms with Crippen molar-refractivity contribution in [3.8, 4) is 0 Å². The van der Waals surface area contributed by atoms with Crippen molar-refractivity contribution in [1.29, 1.82) is 0 Å². The molecule has 21 heavy (non-hydrogen) atoms. The average molecular weight is 299 g/mol. The molecule has 0 saturated carbocycles. The molecule has 1 heterocycles. The van der Waals surface area contributed by atoms with E-state index in [1.54, 1.807) is 6.07 Å². The molecule has 4 nitrogen and oxygen atoms in total. The van der Waals surface area contributed by atoms with Crippen LogP contribution in [0, 0.1) is 5.92 Å². The van der Waals surface area contributed by atoms with Crippen molar-refractivity contribution in [3.63, 3.8) is 0 Å². The first kappa shape index (κ1) is 15.3. The zero-order valence-electron chi connectivity index (χ0n) is 11.7.